The normalized spacial score (nSPS) is 23.7. The monoisotopic (exact) mass is 548 g/mol. The quantitative estimate of drug-likeness (QED) is 0.268. The van der Waals surface area contributed by atoms with Crippen molar-refractivity contribution in [3.63, 3.8) is 0 Å². The minimum absolute atomic E-state index is 0.452. The fraction of sp³-hybridized carbons (Fsp3) is 0.739. The Kier molecular flexibility index (Phi) is 12.4. The van der Waals surface area contributed by atoms with Gasteiger partial charge in [-0.25, -0.2) is 4.79 Å². The molecule has 0 saturated carbocycles. The number of esters is 4. The maximum atomic E-state index is 12.4. The minimum atomic E-state index is -1.52. The molecule has 0 unspecified atom stereocenters. The highest BCUT2D eigenvalue weighted by Gasteiger charge is 2.53. The molecule has 38 heavy (non-hydrogen) atoms. The van der Waals surface area contributed by atoms with E-state index in [0.717, 1.165) is 27.7 Å². The highest BCUT2D eigenvalue weighted by atomic mass is 16.7. The van der Waals surface area contributed by atoms with E-state index in [1.54, 1.807) is 20.8 Å². The first-order valence-electron chi connectivity index (χ1n) is 11.7. The fourth-order valence-electron chi connectivity index (χ4n) is 3.32. The van der Waals surface area contributed by atoms with Gasteiger partial charge in [0.2, 0.25) is 5.91 Å². The van der Waals surface area contributed by atoms with Crippen molar-refractivity contribution in [3.05, 3.63) is 0 Å². The summed E-state index contributed by atoms with van der Waals surface area (Å²) in [6, 6.07) is -1.29. The maximum Gasteiger partial charge on any atom is 0.408 e. The van der Waals surface area contributed by atoms with Gasteiger partial charge < -0.3 is 43.8 Å². The Labute approximate surface area is 220 Å². The molecule has 1 saturated heterocycles. The number of hydrogen-bond donors (Lipinski definition) is 2. The summed E-state index contributed by atoms with van der Waals surface area (Å²) >= 11 is 0. The number of rotatable bonds is 10. The highest BCUT2D eigenvalue weighted by Crippen LogP contribution is 2.30. The van der Waals surface area contributed by atoms with Crippen LogP contribution >= 0.6 is 0 Å². The number of carbonyl (C=O) groups is 6. The third-order valence-electron chi connectivity index (χ3n) is 4.63. The molecule has 1 fully saturated rings. The summed E-state index contributed by atoms with van der Waals surface area (Å²) in [5.41, 5.74) is -0.849. The molecule has 0 radical (unpaired) electrons. The lowest BCUT2D eigenvalue weighted by atomic mass is 9.98. The lowest BCUT2D eigenvalue weighted by Crippen LogP contribution is -2.63. The number of nitrogens with one attached hydrogen (secondary N) is 2. The van der Waals surface area contributed by atoms with E-state index >= 15 is 0 Å². The second-order valence-corrected chi connectivity index (χ2v) is 9.21. The van der Waals surface area contributed by atoms with Gasteiger partial charge in [-0.15, -0.1) is 0 Å². The fourth-order valence-corrected chi connectivity index (χ4v) is 3.32. The van der Waals surface area contributed by atoms with E-state index in [9.17, 15) is 28.8 Å². The van der Waals surface area contributed by atoms with Crippen molar-refractivity contribution in [1.82, 2.24) is 10.6 Å². The molecule has 2 N–H and O–H groups in total. The zero-order valence-electron chi connectivity index (χ0n) is 22.7. The Bertz CT molecular complexity index is 885. The van der Waals surface area contributed by atoms with Crippen molar-refractivity contribution in [2.24, 2.45) is 0 Å². The molecule has 1 aliphatic heterocycles. The largest absolute Gasteiger partial charge is 0.463 e. The molecule has 0 aromatic carbocycles. The molecular formula is C23H36N2O13. The summed E-state index contributed by atoms with van der Waals surface area (Å²) < 4.78 is 37.6. The lowest BCUT2D eigenvalue weighted by Gasteiger charge is -2.44. The number of amides is 2. The third kappa shape index (κ3) is 11.3. The zero-order valence-corrected chi connectivity index (χ0v) is 22.7. The SMILES string of the molecule is CNC(=O)[C@H](CO[C@@H]1O[C@H](COC(C)=O)[C@@H](OC(C)=O)[C@H](OC(C)=O)[C@H]1OC(C)=O)NC(=O)OC(C)(C)C. The zero-order chi connectivity index (χ0) is 29.2. The number of carbonyl (C=O) groups excluding carboxylic acids is 6. The Morgan fingerprint density at radius 1 is 0.816 bits per heavy atom. The molecule has 0 bridgehead atoms. The molecule has 0 aromatic heterocycles. The number of ether oxygens (including phenoxy) is 7. The second kappa shape index (κ2) is 14.5. The topological polar surface area (TPSA) is 191 Å². The van der Waals surface area contributed by atoms with Crippen LogP contribution in [0.15, 0.2) is 0 Å². The van der Waals surface area contributed by atoms with Gasteiger partial charge in [-0.1, -0.05) is 0 Å². The predicted molar refractivity (Wildman–Crippen MR) is 125 cm³/mol. The summed E-state index contributed by atoms with van der Waals surface area (Å²) in [7, 11) is 1.33. The van der Waals surface area contributed by atoms with Crippen molar-refractivity contribution >= 4 is 35.9 Å². The molecule has 1 aliphatic rings. The molecule has 6 atom stereocenters. The average Bonchev–Trinajstić information content (AvgIpc) is 2.75. The van der Waals surface area contributed by atoms with E-state index in [1.807, 2.05) is 0 Å². The van der Waals surface area contributed by atoms with Gasteiger partial charge in [-0.2, -0.15) is 0 Å². The second-order valence-electron chi connectivity index (χ2n) is 9.21. The van der Waals surface area contributed by atoms with Crippen molar-refractivity contribution in [3.8, 4) is 0 Å². The van der Waals surface area contributed by atoms with E-state index in [1.165, 1.54) is 7.05 Å². The van der Waals surface area contributed by atoms with Gasteiger partial charge in [0.25, 0.3) is 0 Å². The standard InChI is InChI=1S/C23H36N2O13/c1-11(26)32-10-16-17(34-12(2)27)18(35-13(3)28)19(36-14(4)29)21(37-16)33-9-15(20(30)24-8)25-22(31)38-23(5,6)7/h15-19,21H,9-10H2,1-8H3,(H,24,30)(H,25,31)/t15-,16+,17+,18-,19+,21+/m0/s1. The molecule has 216 valence electrons. The van der Waals surface area contributed by atoms with Crippen LogP contribution in [0.25, 0.3) is 0 Å². The van der Waals surface area contributed by atoms with Crippen LogP contribution in [0.3, 0.4) is 0 Å². The van der Waals surface area contributed by atoms with Gasteiger partial charge in [-0.05, 0) is 20.8 Å². The Morgan fingerprint density at radius 3 is 1.82 bits per heavy atom. The molecule has 1 heterocycles. The smallest absolute Gasteiger partial charge is 0.408 e. The van der Waals surface area contributed by atoms with E-state index in [2.05, 4.69) is 10.6 Å². The van der Waals surface area contributed by atoms with Gasteiger partial charge in [0.1, 0.15) is 24.4 Å². The number of likely N-dealkylation sites (N-methyl/N-ethyl adjacent to an activating group) is 1. The molecule has 0 spiro atoms. The first kappa shape index (κ1) is 32.6. The first-order valence-corrected chi connectivity index (χ1v) is 11.7. The Hall–Kier alpha value is -3.46. The van der Waals surface area contributed by atoms with E-state index in [-0.39, 0.29) is 0 Å². The highest BCUT2D eigenvalue weighted by molar-refractivity contribution is 5.85. The van der Waals surface area contributed by atoms with Crippen LogP contribution in [0, 0.1) is 0 Å². The van der Waals surface area contributed by atoms with Crippen LogP contribution in [0.2, 0.25) is 0 Å². The summed E-state index contributed by atoms with van der Waals surface area (Å²) in [4.78, 5) is 71.7. The van der Waals surface area contributed by atoms with Crippen molar-refractivity contribution < 1.29 is 61.9 Å². The van der Waals surface area contributed by atoms with Crippen molar-refractivity contribution in [2.45, 2.75) is 90.8 Å². The van der Waals surface area contributed by atoms with Gasteiger partial charge in [-0.3, -0.25) is 24.0 Å². The summed E-state index contributed by atoms with van der Waals surface area (Å²) in [5, 5.41) is 4.73. The molecule has 15 nitrogen and oxygen atoms in total. The number of hydrogen-bond acceptors (Lipinski definition) is 13. The van der Waals surface area contributed by atoms with Crippen LogP contribution in [-0.4, -0.2) is 98.5 Å². The Balaban J connectivity index is 3.31. The van der Waals surface area contributed by atoms with Gasteiger partial charge >= 0.3 is 30.0 Å². The number of alkyl carbamates (subject to hydrolysis) is 1. The molecule has 2 amide bonds. The molecule has 15 heteroatoms. The molecule has 0 aliphatic carbocycles. The summed E-state index contributed by atoms with van der Waals surface area (Å²) in [6.45, 7) is 8.31. The summed E-state index contributed by atoms with van der Waals surface area (Å²) in [6.07, 6.45) is -7.96. The lowest BCUT2D eigenvalue weighted by molar-refractivity contribution is -0.308. The molecule has 0 aromatic rings. The van der Waals surface area contributed by atoms with Crippen molar-refractivity contribution in [2.75, 3.05) is 20.3 Å². The van der Waals surface area contributed by atoms with Crippen LogP contribution in [0.1, 0.15) is 48.5 Å². The molecular weight excluding hydrogens is 512 g/mol. The van der Waals surface area contributed by atoms with Crippen LogP contribution < -0.4 is 10.6 Å². The van der Waals surface area contributed by atoms with Gasteiger partial charge in [0.05, 0.1) is 6.61 Å². The van der Waals surface area contributed by atoms with Crippen LogP contribution in [-0.2, 0) is 57.1 Å². The van der Waals surface area contributed by atoms with Crippen LogP contribution in [0.4, 0.5) is 4.79 Å². The molecule has 1 rings (SSSR count). The summed E-state index contributed by atoms with van der Waals surface area (Å²) in [5.74, 6) is -3.75. The first-order chi connectivity index (χ1) is 17.5. The van der Waals surface area contributed by atoms with Gasteiger partial charge in [0.15, 0.2) is 24.6 Å². The maximum absolute atomic E-state index is 12.4. The van der Waals surface area contributed by atoms with Gasteiger partial charge in [0, 0.05) is 34.7 Å². The van der Waals surface area contributed by atoms with E-state index in [4.69, 9.17) is 33.2 Å². The predicted octanol–water partition coefficient (Wildman–Crippen LogP) is -0.275. The Morgan fingerprint density at radius 2 is 1.34 bits per heavy atom. The third-order valence-corrected chi connectivity index (χ3v) is 4.63. The van der Waals surface area contributed by atoms with Crippen LogP contribution in [0.5, 0.6) is 0 Å². The minimum Gasteiger partial charge on any atom is -0.463 e. The van der Waals surface area contributed by atoms with E-state index in [0.29, 0.717) is 0 Å². The van der Waals surface area contributed by atoms with Crippen molar-refractivity contribution in [1.29, 1.82) is 0 Å². The average molecular weight is 549 g/mol. The van der Waals surface area contributed by atoms with E-state index < -0.39 is 91.4 Å².